The molecule has 2 atom stereocenters. The third-order valence-electron chi connectivity index (χ3n) is 9.77. The van der Waals surface area contributed by atoms with E-state index in [4.69, 9.17) is 0 Å². The van der Waals surface area contributed by atoms with Gasteiger partial charge in [-0.2, -0.15) is 18.4 Å². The Morgan fingerprint density at radius 3 is 2.59 bits per heavy atom. The molecule has 252 valence electrons. The number of likely N-dealkylation sites (tertiary alicyclic amines) is 1. The lowest BCUT2D eigenvalue weighted by Gasteiger charge is -2.43. The van der Waals surface area contributed by atoms with Gasteiger partial charge >= 0.3 is 6.18 Å². The van der Waals surface area contributed by atoms with Crippen LogP contribution in [0.25, 0.3) is 44.0 Å². The van der Waals surface area contributed by atoms with Gasteiger partial charge < -0.3 is 19.3 Å². The monoisotopic (exact) mass is 674 g/mol. The first-order chi connectivity index (χ1) is 23.4. The van der Waals surface area contributed by atoms with Crippen LogP contribution in [-0.4, -0.2) is 81.0 Å². The number of aromatic nitrogens is 4. The van der Waals surface area contributed by atoms with Crippen LogP contribution < -0.4 is 4.90 Å². The molecule has 2 saturated heterocycles. The molecule has 1 amide bonds. The normalized spacial score (nSPS) is 18.8. The number of alkyl halides is 3. The second-order valence-electron chi connectivity index (χ2n) is 12.7. The number of halogens is 5. The number of carbonyl (C=O) groups excluding carboxylic acids is 1. The van der Waals surface area contributed by atoms with Gasteiger partial charge in [0.05, 0.1) is 35.4 Å². The molecule has 2 aliphatic heterocycles. The van der Waals surface area contributed by atoms with E-state index in [0.717, 1.165) is 18.2 Å². The minimum atomic E-state index is -5.01. The lowest BCUT2D eigenvalue weighted by Crippen LogP contribution is -2.57. The summed E-state index contributed by atoms with van der Waals surface area (Å²) in [6.45, 7) is 4.93. The highest BCUT2D eigenvalue weighted by Gasteiger charge is 2.40. The molecule has 2 aromatic carbocycles. The zero-order valence-corrected chi connectivity index (χ0v) is 26.7. The summed E-state index contributed by atoms with van der Waals surface area (Å²) >= 11 is 0. The molecule has 0 unspecified atom stereocenters. The number of fused-ring (bicyclic) bond motifs is 4. The quantitative estimate of drug-likeness (QED) is 0.150. The van der Waals surface area contributed by atoms with E-state index in [1.165, 1.54) is 30.7 Å². The molecule has 7 rings (SSSR count). The van der Waals surface area contributed by atoms with E-state index in [9.17, 15) is 27.6 Å². The van der Waals surface area contributed by atoms with E-state index in [0.29, 0.717) is 37.3 Å². The van der Waals surface area contributed by atoms with Gasteiger partial charge in [-0.05, 0) is 63.3 Å². The molecule has 2 aliphatic rings. The van der Waals surface area contributed by atoms with Crippen molar-refractivity contribution in [2.24, 2.45) is 0 Å². The Labute approximate surface area is 277 Å². The van der Waals surface area contributed by atoms with E-state index in [-0.39, 0.29) is 63.8 Å². The predicted molar refractivity (Wildman–Crippen MR) is 175 cm³/mol. The van der Waals surface area contributed by atoms with Crippen molar-refractivity contribution in [3.8, 4) is 17.2 Å². The molecule has 0 saturated carbocycles. The number of nitriles is 1. The maximum Gasteiger partial charge on any atom is 0.417 e. The van der Waals surface area contributed by atoms with Crippen LogP contribution >= 0.6 is 0 Å². The number of anilines is 1. The minimum Gasteiger partial charge on any atom is -0.351 e. The van der Waals surface area contributed by atoms with Crippen molar-refractivity contribution in [3.63, 3.8) is 0 Å². The summed E-state index contributed by atoms with van der Waals surface area (Å²) in [6.07, 6.45) is -0.201. The van der Waals surface area contributed by atoms with E-state index in [1.54, 1.807) is 9.47 Å². The average Bonchev–Trinajstić information content (AvgIpc) is 3.50. The van der Waals surface area contributed by atoms with Crippen LogP contribution in [0.5, 0.6) is 0 Å². The first-order valence-corrected chi connectivity index (χ1v) is 15.8. The van der Waals surface area contributed by atoms with Crippen LogP contribution in [0.2, 0.25) is 0 Å². The molecule has 2 fully saturated rings. The molecule has 49 heavy (non-hydrogen) atoms. The number of carbonyl (C=O) groups is 1. The second kappa shape index (κ2) is 12.1. The first kappa shape index (κ1) is 32.4. The Morgan fingerprint density at radius 1 is 1.12 bits per heavy atom. The summed E-state index contributed by atoms with van der Waals surface area (Å²) in [6, 6.07) is 7.30. The van der Waals surface area contributed by atoms with Crippen molar-refractivity contribution < 1.29 is 26.7 Å². The van der Waals surface area contributed by atoms with Crippen LogP contribution in [0, 0.1) is 23.0 Å². The maximum absolute atomic E-state index is 17.1. The van der Waals surface area contributed by atoms with Crippen molar-refractivity contribution in [1.82, 2.24) is 29.3 Å². The fraction of sp³-hybridized carbons (Fsp3) is 0.343. The highest BCUT2D eigenvalue weighted by molar-refractivity contribution is 6.10. The Kier molecular flexibility index (Phi) is 7.98. The van der Waals surface area contributed by atoms with Crippen molar-refractivity contribution >= 4 is 44.6 Å². The van der Waals surface area contributed by atoms with Gasteiger partial charge in [0.15, 0.2) is 11.6 Å². The third kappa shape index (κ3) is 5.32. The third-order valence-corrected chi connectivity index (χ3v) is 9.77. The standard InChI is InChI=1S/C35H31F5N8O/c1-4-27(49)47-13-10-20(14-19(47)9-11-41)48-18-43-32-33(48)24-15-25(35(38,39)40)28(23-7-8-26(36)22-6-5-12-42-30(22)23)29(37)31(24)44-34(32)46-16-21(17-46)45(2)3/h4-8,12,15,18-21H,1,9-10,13-14,16-17H2,2-3H3/t19-,20+/m1/s1. The number of pyridine rings is 2. The van der Waals surface area contributed by atoms with Crippen LogP contribution in [0.15, 0.2) is 55.5 Å². The summed E-state index contributed by atoms with van der Waals surface area (Å²) in [5.41, 5.74) is -2.05. The molecule has 0 bridgehead atoms. The van der Waals surface area contributed by atoms with Gasteiger partial charge in [-0.15, -0.1) is 0 Å². The number of benzene rings is 2. The predicted octanol–water partition coefficient (Wildman–Crippen LogP) is 6.48. The SMILES string of the molecule is C=CC(=O)N1CC[C@H](n2cnc3c(N4CC(N(C)C)C4)nc4c(F)c(-c5ccc(F)c6cccnc56)c(C(F)(F)F)cc4c32)C[C@H]1CC#N. The zero-order valence-electron chi connectivity index (χ0n) is 26.7. The lowest BCUT2D eigenvalue weighted by atomic mass is 9.92. The van der Waals surface area contributed by atoms with Crippen LogP contribution in [0.3, 0.4) is 0 Å². The van der Waals surface area contributed by atoms with Crippen molar-refractivity contribution in [3.05, 3.63) is 72.7 Å². The smallest absolute Gasteiger partial charge is 0.351 e. The van der Waals surface area contributed by atoms with Gasteiger partial charge in [-0.1, -0.05) is 6.58 Å². The Hall–Kier alpha value is -5.16. The highest BCUT2D eigenvalue weighted by atomic mass is 19.4. The molecule has 0 aliphatic carbocycles. The molecule has 14 heteroatoms. The van der Waals surface area contributed by atoms with Crippen LogP contribution in [0.1, 0.15) is 30.9 Å². The van der Waals surface area contributed by atoms with Crippen molar-refractivity contribution in [1.29, 1.82) is 5.26 Å². The average molecular weight is 675 g/mol. The molecule has 0 N–H and O–H groups in total. The molecule has 3 aromatic heterocycles. The highest BCUT2D eigenvalue weighted by Crippen LogP contribution is 2.46. The van der Waals surface area contributed by atoms with Crippen molar-refractivity contribution in [2.45, 2.75) is 43.6 Å². The summed E-state index contributed by atoms with van der Waals surface area (Å²) < 4.78 is 78.5. The summed E-state index contributed by atoms with van der Waals surface area (Å²) in [5, 5.41) is 9.40. The number of amides is 1. The van der Waals surface area contributed by atoms with Crippen LogP contribution in [0.4, 0.5) is 27.8 Å². The largest absolute Gasteiger partial charge is 0.417 e. The fourth-order valence-corrected chi connectivity index (χ4v) is 7.15. The van der Waals surface area contributed by atoms with Gasteiger partial charge in [0.25, 0.3) is 0 Å². The molecular formula is C35H31F5N8O. The second-order valence-corrected chi connectivity index (χ2v) is 12.7. The summed E-state index contributed by atoms with van der Waals surface area (Å²) in [4.78, 5) is 31.6. The number of hydrogen-bond donors (Lipinski definition) is 0. The number of imidazole rings is 1. The molecule has 0 spiro atoms. The molecule has 0 radical (unpaired) electrons. The van der Waals surface area contributed by atoms with Crippen LogP contribution in [-0.2, 0) is 11.0 Å². The van der Waals surface area contributed by atoms with Gasteiger partial charge in [0, 0.05) is 65.9 Å². The van der Waals surface area contributed by atoms with E-state index in [1.807, 2.05) is 23.9 Å². The topological polar surface area (TPSA) is 94.2 Å². The Balaban J connectivity index is 1.50. The maximum atomic E-state index is 17.1. The van der Waals surface area contributed by atoms with Gasteiger partial charge in [-0.3, -0.25) is 9.78 Å². The number of likely N-dealkylation sites (N-methyl/N-ethyl adjacent to an activating group) is 1. The Bertz CT molecular complexity index is 2180. The minimum absolute atomic E-state index is 0.0432. The Morgan fingerprint density at radius 2 is 1.90 bits per heavy atom. The van der Waals surface area contributed by atoms with Gasteiger partial charge in [-0.25, -0.2) is 18.7 Å². The van der Waals surface area contributed by atoms with Gasteiger partial charge in [0.1, 0.15) is 16.9 Å². The lowest BCUT2D eigenvalue weighted by molar-refractivity contribution is -0.137. The number of piperidine rings is 1. The molecular weight excluding hydrogens is 643 g/mol. The van der Waals surface area contributed by atoms with E-state index < -0.39 is 35.0 Å². The van der Waals surface area contributed by atoms with Gasteiger partial charge in [0.2, 0.25) is 5.91 Å². The summed E-state index contributed by atoms with van der Waals surface area (Å²) in [7, 11) is 3.87. The number of hydrogen-bond acceptors (Lipinski definition) is 7. The summed E-state index contributed by atoms with van der Waals surface area (Å²) in [5.74, 6) is -1.89. The number of rotatable bonds is 6. The fourth-order valence-electron chi connectivity index (χ4n) is 7.15. The number of nitrogens with zero attached hydrogens (tertiary/aromatic N) is 8. The van der Waals surface area contributed by atoms with E-state index in [2.05, 4.69) is 27.6 Å². The molecule has 9 nitrogen and oxygen atoms in total. The van der Waals surface area contributed by atoms with E-state index >= 15 is 4.39 Å². The van der Waals surface area contributed by atoms with Crippen molar-refractivity contribution in [2.75, 3.05) is 38.6 Å². The zero-order chi connectivity index (χ0) is 34.8. The first-order valence-electron chi connectivity index (χ1n) is 15.8. The molecule has 5 aromatic rings. The molecule has 5 heterocycles.